The van der Waals surface area contributed by atoms with Crippen molar-refractivity contribution < 1.29 is 14.3 Å². The molecule has 0 fully saturated rings. The molecule has 146 valence electrons. The molecular formula is C22H25N3O3. The van der Waals surface area contributed by atoms with E-state index in [-0.39, 0.29) is 5.91 Å². The Morgan fingerprint density at radius 2 is 1.96 bits per heavy atom. The summed E-state index contributed by atoms with van der Waals surface area (Å²) in [6, 6.07) is 11.7. The summed E-state index contributed by atoms with van der Waals surface area (Å²) in [5.41, 5.74) is 2.79. The Balaban J connectivity index is 1.54. The predicted octanol–water partition coefficient (Wildman–Crippen LogP) is 3.50. The molecule has 2 aromatic heterocycles. The second-order valence-electron chi connectivity index (χ2n) is 6.13. The number of ether oxygens (including phenoxy) is 2. The summed E-state index contributed by atoms with van der Waals surface area (Å²) in [4.78, 5) is 16.4. The summed E-state index contributed by atoms with van der Waals surface area (Å²) in [6.45, 7) is 5.59. The van der Waals surface area contributed by atoms with Crippen LogP contribution in [0.4, 0.5) is 0 Å². The number of carbonyl (C=O) groups is 1. The Hall–Kier alpha value is -3.28. The fourth-order valence-corrected chi connectivity index (χ4v) is 2.88. The Morgan fingerprint density at radius 3 is 2.79 bits per heavy atom. The molecule has 6 nitrogen and oxygen atoms in total. The molecule has 0 atom stereocenters. The van der Waals surface area contributed by atoms with Crippen molar-refractivity contribution in [2.45, 2.75) is 20.3 Å². The molecule has 0 unspecified atom stereocenters. The van der Waals surface area contributed by atoms with Gasteiger partial charge in [0.05, 0.1) is 25.1 Å². The molecule has 0 bridgehead atoms. The Kier molecular flexibility index (Phi) is 6.68. The van der Waals surface area contributed by atoms with Crippen LogP contribution in [-0.4, -0.2) is 35.1 Å². The van der Waals surface area contributed by atoms with Gasteiger partial charge in [-0.15, -0.1) is 0 Å². The second-order valence-corrected chi connectivity index (χ2v) is 6.13. The molecule has 0 saturated heterocycles. The quantitative estimate of drug-likeness (QED) is 0.578. The first kappa shape index (κ1) is 19.5. The number of pyridine rings is 1. The molecule has 0 aliphatic rings. The lowest BCUT2D eigenvalue weighted by Gasteiger charge is -2.12. The maximum absolute atomic E-state index is 12.1. The highest BCUT2D eigenvalue weighted by Crippen LogP contribution is 2.28. The van der Waals surface area contributed by atoms with Crippen LogP contribution in [0.5, 0.6) is 11.5 Å². The summed E-state index contributed by atoms with van der Waals surface area (Å²) in [6.07, 6.45) is 7.66. The maximum Gasteiger partial charge on any atom is 0.244 e. The largest absolute Gasteiger partial charge is 0.490 e. The smallest absolute Gasteiger partial charge is 0.244 e. The van der Waals surface area contributed by atoms with Gasteiger partial charge in [0.15, 0.2) is 11.5 Å². The van der Waals surface area contributed by atoms with Gasteiger partial charge in [-0.3, -0.25) is 4.79 Å². The molecule has 1 amide bonds. The number of fused-ring (bicyclic) bond motifs is 1. The minimum Gasteiger partial charge on any atom is -0.490 e. The first-order chi connectivity index (χ1) is 13.7. The number of hydrogen-bond acceptors (Lipinski definition) is 4. The zero-order chi connectivity index (χ0) is 19.8. The van der Waals surface area contributed by atoms with E-state index in [1.807, 2.05) is 60.8 Å². The minimum absolute atomic E-state index is 0.137. The van der Waals surface area contributed by atoms with E-state index in [0.717, 1.165) is 28.4 Å². The van der Waals surface area contributed by atoms with Crippen molar-refractivity contribution in [3.05, 3.63) is 66.1 Å². The van der Waals surface area contributed by atoms with Gasteiger partial charge in [-0.25, -0.2) is 4.98 Å². The lowest BCUT2D eigenvalue weighted by molar-refractivity contribution is -0.116. The van der Waals surface area contributed by atoms with Crippen LogP contribution in [0.1, 0.15) is 25.1 Å². The third kappa shape index (κ3) is 4.91. The number of nitrogens with one attached hydrogen (secondary N) is 1. The average Bonchev–Trinajstić information content (AvgIpc) is 3.12. The Morgan fingerprint density at radius 1 is 1.14 bits per heavy atom. The summed E-state index contributed by atoms with van der Waals surface area (Å²) in [5.74, 6) is 1.34. The molecule has 0 radical (unpaired) electrons. The van der Waals surface area contributed by atoms with E-state index in [1.165, 1.54) is 6.08 Å². The van der Waals surface area contributed by atoms with E-state index in [4.69, 9.17) is 9.47 Å². The van der Waals surface area contributed by atoms with Gasteiger partial charge in [0.2, 0.25) is 5.91 Å². The highest BCUT2D eigenvalue weighted by Gasteiger charge is 2.06. The number of carbonyl (C=O) groups excluding carboxylic acids is 1. The fourth-order valence-electron chi connectivity index (χ4n) is 2.88. The van der Waals surface area contributed by atoms with Crippen molar-refractivity contribution in [3.63, 3.8) is 0 Å². The van der Waals surface area contributed by atoms with Crippen LogP contribution in [0, 0.1) is 0 Å². The van der Waals surface area contributed by atoms with Gasteiger partial charge in [-0.1, -0.05) is 12.1 Å². The van der Waals surface area contributed by atoms with E-state index in [1.54, 1.807) is 12.3 Å². The normalized spacial score (nSPS) is 11.1. The van der Waals surface area contributed by atoms with E-state index in [9.17, 15) is 4.79 Å². The average molecular weight is 379 g/mol. The molecule has 0 saturated carbocycles. The molecule has 1 aromatic carbocycles. The van der Waals surface area contributed by atoms with E-state index >= 15 is 0 Å². The molecule has 28 heavy (non-hydrogen) atoms. The molecule has 6 heteroatoms. The van der Waals surface area contributed by atoms with E-state index in [2.05, 4.69) is 10.3 Å². The number of hydrogen-bond donors (Lipinski definition) is 1. The SMILES string of the molecule is CCOc1ccc(CCNC(=O)/C=C/c2cnc3ccccn23)cc1OCC. The van der Waals surface area contributed by atoms with Gasteiger partial charge in [0, 0.05) is 18.8 Å². The summed E-state index contributed by atoms with van der Waals surface area (Å²) in [5, 5.41) is 2.91. The van der Waals surface area contributed by atoms with Gasteiger partial charge in [-0.05, 0) is 56.2 Å². The molecule has 1 N–H and O–H groups in total. The van der Waals surface area contributed by atoms with E-state index in [0.29, 0.717) is 26.2 Å². The van der Waals surface area contributed by atoms with Crippen LogP contribution in [0.15, 0.2) is 54.9 Å². The zero-order valence-electron chi connectivity index (χ0n) is 16.2. The molecule has 0 spiro atoms. The summed E-state index contributed by atoms with van der Waals surface area (Å²) >= 11 is 0. The van der Waals surface area contributed by atoms with E-state index < -0.39 is 0 Å². The number of amides is 1. The third-order valence-corrected chi connectivity index (χ3v) is 4.17. The first-order valence-corrected chi connectivity index (χ1v) is 9.47. The highest BCUT2D eigenvalue weighted by molar-refractivity contribution is 5.91. The monoisotopic (exact) mass is 379 g/mol. The second kappa shape index (κ2) is 9.60. The molecule has 0 aliphatic heterocycles. The minimum atomic E-state index is -0.137. The van der Waals surface area contributed by atoms with Crippen molar-refractivity contribution in [1.82, 2.24) is 14.7 Å². The standard InChI is InChI=1S/C22H25N3O3/c1-3-27-19-10-8-17(15-20(19)28-4-2)12-13-23-22(26)11-9-18-16-24-21-7-5-6-14-25(18)21/h5-11,14-16H,3-4,12-13H2,1-2H3,(H,23,26)/b11-9+. The van der Waals surface area contributed by atoms with Gasteiger partial charge >= 0.3 is 0 Å². The molecule has 3 aromatic rings. The van der Waals surface area contributed by atoms with Crippen molar-refractivity contribution >= 4 is 17.6 Å². The number of benzene rings is 1. The van der Waals surface area contributed by atoms with Crippen LogP contribution >= 0.6 is 0 Å². The van der Waals surface area contributed by atoms with Gasteiger partial charge in [0.1, 0.15) is 5.65 Å². The Bertz CT molecular complexity index is 963. The number of imidazole rings is 1. The molecule has 3 rings (SSSR count). The predicted molar refractivity (Wildman–Crippen MR) is 110 cm³/mol. The van der Waals surface area contributed by atoms with Gasteiger partial charge in [0.25, 0.3) is 0 Å². The highest BCUT2D eigenvalue weighted by atomic mass is 16.5. The van der Waals surface area contributed by atoms with Gasteiger partial charge in [-0.2, -0.15) is 0 Å². The molecular weight excluding hydrogens is 354 g/mol. The fraction of sp³-hybridized carbons (Fsp3) is 0.273. The lowest BCUT2D eigenvalue weighted by atomic mass is 10.1. The van der Waals surface area contributed by atoms with Crippen LogP contribution in [-0.2, 0) is 11.2 Å². The number of nitrogens with zero attached hydrogens (tertiary/aromatic N) is 2. The number of aromatic nitrogens is 2. The van der Waals surface area contributed by atoms with Crippen LogP contribution in [0.2, 0.25) is 0 Å². The van der Waals surface area contributed by atoms with Crippen LogP contribution in [0.3, 0.4) is 0 Å². The van der Waals surface area contributed by atoms with Crippen molar-refractivity contribution in [1.29, 1.82) is 0 Å². The zero-order valence-corrected chi connectivity index (χ0v) is 16.2. The topological polar surface area (TPSA) is 64.9 Å². The van der Waals surface area contributed by atoms with Crippen molar-refractivity contribution in [2.24, 2.45) is 0 Å². The van der Waals surface area contributed by atoms with Crippen LogP contribution < -0.4 is 14.8 Å². The Labute approximate surface area is 164 Å². The van der Waals surface area contributed by atoms with Crippen LogP contribution in [0.25, 0.3) is 11.7 Å². The maximum atomic E-state index is 12.1. The third-order valence-electron chi connectivity index (χ3n) is 4.17. The number of rotatable bonds is 9. The molecule has 2 heterocycles. The lowest BCUT2D eigenvalue weighted by Crippen LogP contribution is -2.23. The summed E-state index contributed by atoms with van der Waals surface area (Å²) < 4.78 is 13.1. The van der Waals surface area contributed by atoms with Crippen molar-refractivity contribution in [3.8, 4) is 11.5 Å². The van der Waals surface area contributed by atoms with Gasteiger partial charge < -0.3 is 19.2 Å². The summed E-state index contributed by atoms with van der Waals surface area (Å²) in [7, 11) is 0. The molecule has 0 aliphatic carbocycles. The van der Waals surface area contributed by atoms with Crippen molar-refractivity contribution in [2.75, 3.05) is 19.8 Å². The first-order valence-electron chi connectivity index (χ1n) is 9.47.